The standard InChI is InChI=1S/C15H20N2O4/c1-4-12(11-8-6-5-7-9-11)14(19)21-10(2)13(18)17-15(20)16-3/h5-10,12H,4H2,1-3H3,(H2,16,17,18,20)/t10-,12-/m1/s1. The van der Waals surface area contributed by atoms with Gasteiger partial charge in [0.1, 0.15) is 0 Å². The van der Waals surface area contributed by atoms with Crippen molar-refractivity contribution in [3.8, 4) is 0 Å². The maximum Gasteiger partial charge on any atom is 0.321 e. The molecule has 0 heterocycles. The van der Waals surface area contributed by atoms with E-state index in [1.54, 1.807) is 0 Å². The van der Waals surface area contributed by atoms with Crippen LogP contribution in [0.5, 0.6) is 0 Å². The molecule has 0 spiro atoms. The lowest BCUT2D eigenvalue weighted by molar-refractivity contribution is -0.156. The minimum atomic E-state index is -1.03. The average molecular weight is 292 g/mol. The normalized spacial score (nSPS) is 12.9. The summed E-state index contributed by atoms with van der Waals surface area (Å²) >= 11 is 0. The van der Waals surface area contributed by atoms with Crippen molar-refractivity contribution in [3.63, 3.8) is 0 Å². The van der Waals surface area contributed by atoms with Crippen LogP contribution in [0.4, 0.5) is 4.79 Å². The Kier molecular flexibility index (Phi) is 6.39. The first-order valence-electron chi connectivity index (χ1n) is 6.77. The number of hydrogen-bond donors (Lipinski definition) is 2. The number of rotatable bonds is 5. The highest BCUT2D eigenvalue weighted by Gasteiger charge is 2.25. The Morgan fingerprint density at radius 1 is 1.19 bits per heavy atom. The zero-order valence-electron chi connectivity index (χ0n) is 12.4. The second-order valence-corrected chi connectivity index (χ2v) is 4.52. The van der Waals surface area contributed by atoms with Crippen molar-refractivity contribution in [1.82, 2.24) is 10.6 Å². The van der Waals surface area contributed by atoms with E-state index in [4.69, 9.17) is 4.74 Å². The van der Waals surface area contributed by atoms with Gasteiger partial charge in [-0.1, -0.05) is 37.3 Å². The second-order valence-electron chi connectivity index (χ2n) is 4.52. The predicted molar refractivity (Wildman–Crippen MR) is 77.6 cm³/mol. The number of esters is 1. The summed E-state index contributed by atoms with van der Waals surface area (Å²) in [5.74, 6) is -1.57. The van der Waals surface area contributed by atoms with Gasteiger partial charge in [-0.3, -0.25) is 14.9 Å². The van der Waals surface area contributed by atoms with Gasteiger partial charge in [0.2, 0.25) is 0 Å². The molecule has 0 aliphatic carbocycles. The van der Waals surface area contributed by atoms with Gasteiger partial charge in [0, 0.05) is 7.05 Å². The Labute approximate surface area is 123 Å². The summed E-state index contributed by atoms with van der Waals surface area (Å²) in [6, 6.07) is 8.58. The lowest BCUT2D eigenvalue weighted by Crippen LogP contribution is -2.43. The van der Waals surface area contributed by atoms with Gasteiger partial charge in [0.05, 0.1) is 5.92 Å². The quantitative estimate of drug-likeness (QED) is 0.807. The molecule has 0 fully saturated rings. The molecule has 1 rings (SSSR count). The summed E-state index contributed by atoms with van der Waals surface area (Å²) in [5, 5.41) is 4.32. The van der Waals surface area contributed by atoms with Crippen LogP contribution < -0.4 is 10.6 Å². The highest BCUT2D eigenvalue weighted by atomic mass is 16.5. The number of hydrogen-bond acceptors (Lipinski definition) is 4. The first-order valence-corrected chi connectivity index (χ1v) is 6.77. The van der Waals surface area contributed by atoms with E-state index >= 15 is 0 Å². The Bertz CT molecular complexity index is 502. The molecule has 0 aliphatic heterocycles. The molecule has 2 atom stereocenters. The zero-order chi connectivity index (χ0) is 15.8. The number of carbonyl (C=O) groups is 3. The molecule has 21 heavy (non-hydrogen) atoms. The van der Waals surface area contributed by atoms with E-state index < -0.39 is 29.9 Å². The zero-order valence-corrected chi connectivity index (χ0v) is 12.4. The summed E-state index contributed by atoms with van der Waals surface area (Å²) in [4.78, 5) is 34.8. The van der Waals surface area contributed by atoms with Crippen LogP contribution in [0, 0.1) is 0 Å². The molecular formula is C15H20N2O4. The third-order valence-electron chi connectivity index (χ3n) is 3.02. The molecule has 0 aromatic heterocycles. The number of benzene rings is 1. The fourth-order valence-electron chi connectivity index (χ4n) is 1.81. The summed E-state index contributed by atoms with van der Waals surface area (Å²) < 4.78 is 5.13. The van der Waals surface area contributed by atoms with Gasteiger partial charge in [0.15, 0.2) is 6.10 Å². The van der Waals surface area contributed by atoms with Crippen molar-refractivity contribution in [3.05, 3.63) is 35.9 Å². The maximum atomic E-state index is 12.1. The van der Waals surface area contributed by atoms with Gasteiger partial charge in [-0.15, -0.1) is 0 Å². The van der Waals surface area contributed by atoms with Gasteiger partial charge in [-0.2, -0.15) is 0 Å². The average Bonchev–Trinajstić information content (AvgIpc) is 2.48. The van der Waals surface area contributed by atoms with Crippen LogP contribution in [-0.2, 0) is 14.3 Å². The topological polar surface area (TPSA) is 84.5 Å². The minimum Gasteiger partial charge on any atom is -0.452 e. The van der Waals surface area contributed by atoms with E-state index in [-0.39, 0.29) is 0 Å². The van der Waals surface area contributed by atoms with Gasteiger partial charge >= 0.3 is 12.0 Å². The van der Waals surface area contributed by atoms with Crippen molar-refractivity contribution in [1.29, 1.82) is 0 Å². The predicted octanol–water partition coefficient (Wildman–Crippen LogP) is 1.57. The largest absolute Gasteiger partial charge is 0.452 e. The highest BCUT2D eigenvalue weighted by molar-refractivity contribution is 5.97. The first kappa shape index (κ1) is 16.7. The smallest absolute Gasteiger partial charge is 0.321 e. The second kappa shape index (κ2) is 8.04. The van der Waals surface area contributed by atoms with Gasteiger partial charge in [0.25, 0.3) is 5.91 Å². The van der Waals surface area contributed by atoms with Gasteiger partial charge in [-0.05, 0) is 18.9 Å². The van der Waals surface area contributed by atoms with E-state index in [2.05, 4.69) is 10.6 Å². The van der Waals surface area contributed by atoms with E-state index in [9.17, 15) is 14.4 Å². The van der Waals surface area contributed by atoms with Crippen molar-refractivity contribution in [2.24, 2.45) is 0 Å². The van der Waals surface area contributed by atoms with E-state index in [1.807, 2.05) is 37.3 Å². The Balaban J connectivity index is 2.66. The summed E-state index contributed by atoms with van der Waals surface area (Å²) in [7, 11) is 1.39. The number of nitrogens with one attached hydrogen (secondary N) is 2. The van der Waals surface area contributed by atoms with Crippen molar-refractivity contribution < 1.29 is 19.1 Å². The van der Waals surface area contributed by atoms with Crippen molar-refractivity contribution in [2.45, 2.75) is 32.3 Å². The van der Waals surface area contributed by atoms with Gasteiger partial charge in [-0.25, -0.2) is 4.79 Å². The number of amides is 3. The molecule has 0 radical (unpaired) electrons. The molecule has 0 bridgehead atoms. The van der Waals surface area contributed by atoms with Crippen LogP contribution in [0.3, 0.4) is 0 Å². The Hall–Kier alpha value is -2.37. The molecule has 0 saturated carbocycles. The number of ether oxygens (including phenoxy) is 1. The van der Waals surface area contributed by atoms with Crippen LogP contribution in [-0.4, -0.2) is 31.1 Å². The lowest BCUT2D eigenvalue weighted by Gasteiger charge is -2.18. The Morgan fingerprint density at radius 2 is 1.81 bits per heavy atom. The SMILES string of the molecule is CC[C@@H](C(=O)O[C@H](C)C(=O)NC(=O)NC)c1ccccc1. The molecule has 1 aromatic rings. The first-order chi connectivity index (χ1) is 9.99. The van der Waals surface area contributed by atoms with E-state index in [1.165, 1.54) is 14.0 Å². The van der Waals surface area contributed by atoms with Crippen LogP contribution in [0.15, 0.2) is 30.3 Å². The highest BCUT2D eigenvalue weighted by Crippen LogP contribution is 2.21. The fraction of sp³-hybridized carbons (Fsp3) is 0.400. The molecule has 0 saturated heterocycles. The van der Waals surface area contributed by atoms with Gasteiger partial charge < -0.3 is 10.1 Å². The summed E-state index contributed by atoms with van der Waals surface area (Å²) in [5.41, 5.74) is 0.837. The van der Waals surface area contributed by atoms with Crippen molar-refractivity contribution in [2.75, 3.05) is 7.05 Å². The molecule has 0 unspecified atom stereocenters. The molecule has 0 aliphatic rings. The minimum absolute atomic E-state index is 0.429. The molecule has 3 amide bonds. The third kappa shape index (κ3) is 4.91. The van der Waals surface area contributed by atoms with E-state index in [0.717, 1.165) is 5.56 Å². The molecule has 1 aromatic carbocycles. The molecule has 114 valence electrons. The lowest BCUT2D eigenvalue weighted by atomic mass is 9.97. The monoisotopic (exact) mass is 292 g/mol. The van der Waals surface area contributed by atoms with Crippen LogP contribution in [0.2, 0.25) is 0 Å². The number of urea groups is 1. The molecule has 6 nitrogen and oxygen atoms in total. The number of imide groups is 1. The summed E-state index contributed by atoms with van der Waals surface area (Å²) in [6.07, 6.45) is -0.473. The maximum absolute atomic E-state index is 12.1. The van der Waals surface area contributed by atoms with Crippen LogP contribution in [0.1, 0.15) is 31.7 Å². The molecule has 6 heteroatoms. The Morgan fingerprint density at radius 3 is 2.33 bits per heavy atom. The van der Waals surface area contributed by atoms with Crippen LogP contribution in [0.25, 0.3) is 0 Å². The fourth-order valence-corrected chi connectivity index (χ4v) is 1.81. The van der Waals surface area contributed by atoms with E-state index in [0.29, 0.717) is 6.42 Å². The molecule has 2 N–H and O–H groups in total. The summed E-state index contributed by atoms with van der Waals surface area (Å²) in [6.45, 7) is 3.29. The number of carbonyl (C=O) groups excluding carboxylic acids is 3. The molecular weight excluding hydrogens is 272 g/mol. The van der Waals surface area contributed by atoms with Crippen molar-refractivity contribution >= 4 is 17.9 Å². The third-order valence-corrected chi connectivity index (χ3v) is 3.02. The van der Waals surface area contributed by atoms with Crippen LogP contribution >= 0.6 is 0 Å².